The molecule has 1 aromatic heterocycles. The van der Waals surface area contributed by atoms with Gasteiger partial charge in [-0.15, -0.1) is 0 Å². The number of carboxylic acid groups (broad SMARTS) is 1. The van der Waals surface area contributed by atoms with Gasteiger partial charge in [-0.1, -0.05) is 0 Å². The third-order valence-corrected chi connectivity index (χ3v) is 3.74. The van der Waals surface area contributed by atoms with Crippen LogP contribution >= 0.6 is 0 Å². The van der Waals surface area contributed by atoms with Crippen LogP contribution in [-0.4, -0.2) is 37.6 Å². The molecule has 1 aliphatic rings. The summed E-state index contributed by atoms with van der Waals surface area (Å²) in [6.45, 7) is 6.25. The molecule has 2 heterocycles. The van der Waals surface area contributed by atoms with E-state index in [1.54, 1.807) is 6.33 Å². The molecule has 1 N–H and O–H groups in total. The molecule has 0 amide bonds. The molecule has 2 rings (SSSR count). The van der Waals surface area contributed by atoms with E-state index in [-0.39, 0.29) is 0 Å². The van der Waals surface area contributed by atoms with Crippen molar-refractivity contribution < 1.29 is 9.90 Å². The maximum atomic E-state index is 11.4. The smallest absolute Gasteiger partial charge is 0.323 e. The molecule has 1 saturated heterocycles. The first-order valence-electron chi connectivity index (χ1n) is 6.05. The van der Waals surface area contributed by atoms with Gasteiger partial charge in [0.15, 0.2) is 0 Å². The molecule has 0 saturated carbocycles. The van der Waals surface area contributed by atoms with Crippen LogP contribution in [0.1, 0.15) is 32.4 Å². The molecule has 0 aliphatic carbocycles. The Bertz CT molecular complexity index is 416. The Morgan fingerprint density at radius 1 is 1.65 bits per heavy atom. The molecule has 94 valence electrons. The van der Waals surface area contributed by atoms with Crippen LogP contribution in [0.4, 0.5) is 0 Å². The maximum absolute atomic E-state index is 11.4. The van der Waals surface area contributed by atoms with Crippen LogP contribution in [0.3, 0.4) is 0 Å². The van der Waals surface area contributed by atoms with E-state index < -0.39 is 11.5 Å². The summed E-state index contributed by atoms with van der Waals surface area (Å²) in [5.41, 5.74) is 0.366. The van der Waals surface area contributed by atoms with Gasteiger partial charge < -0.3 is 9.67 Å². The lowest BCUT2D eigenvalue weighted by atomic mass is 9.99. The topological polar surface area (TPSA) is 58.4 Å². The quantitative estimate of drug-likeness (QED) is 0.858. The highest BCUT2D eigenvalue weighted by Gasteiger charge is 2.43. The standard InChI is InChI=1S/C12H19N3O2/c1-3-14-9-13-7-10(14)8-15-6-4-5-12(15,2)11(16)17/h7,9H,3-6,8H2,1-2H3,(H,16,17). The number of imidazole rings is 1. The van der Waals surface area contributed by atoms with Crippen LogP contribution in [0, 0.1) is 0 Å². The average molecular weight is 237 g/mol. The minimum absolute atomic E-state index is 0.663. The van der Waals surface area contributed by atoms with Crippen molar-refractivity contribution in [2.24, 2.45) is 0 Å². The van der Waals surface area contributed by atoms with Crippen molar-refractivity contribution in [3.05, 3.63) is 18.2 Å². The predicted octanol–water partition coefficient (Wildman–Crippen LogP) is 1.34. The molecule has 0 bridgehead atoms. The summed E-state index contributed by atoms with van der Waals surface area (Å²) in [5, 5.41) is 9.33. The zero-order chi connectivity index (χ0) is 12.5. The largest absolute Gasteiger partial charge is 0.480 e. The minimum Gasteiger partial charge on any atom is -0.480 e. The van der Waals surface area contributed by atoms with Gasteiger partial charge in [0.25, 0.3) is 0 Å². The van der Waals surface area contributed by atoms with Crippen molar-refractivity contribution in [1.29, 1.82) is 0 Å². The number of hydrogen-bond donors (Lipinski definition) is 1. The van der Waals surface area contributed by atoms with E-state index in [0.717, 1.165) is 31.6 Å². The molecule has 0 spiro atoms. The van der Waals surface area contributed by atoms with E-state index in [1.165, 1.54) is 0 Å². The Balaban J connectivity index is 2.16. The fourth-order valence-corrected chi connectivity index (χ4v) is 2.47. The average Bonchev–Trinajstić information content (AvgIpc) is 2.88. The SMILES string of the molecule is CCn1cncc1CN1CCCC1(C)C(=O)O. The highest BCUT2D eigenvalue weighted by Crippen LogP contribution is 2.30. The van der Waals surface area contributed by atoms with Gasteiger partial charge in [0.05, 0.1) is 12.0 Å². The molecule has 5 heteroatoms. The van der Waals surface area contributed by atoms with Crippen LogP contribution in [0.5, 0.6) is 0 Å². The minimum atomic E-state index is -0.724. The van der Waals surface area contributed by atoms with Crippen molar-refractivity contribution in [3.8, 4) is 0 Å². The molecule has 0 radical (unpaired) electrons. The first-order valence-corrected chi connectivity index (χ1v) is 6.05. The zero-order valence-electron chi connectivity index (χ0n) is 10.4. The maximum Gasteiger partial charge on any atom is 0.323 e. The van der Waals surface area contributed by atoms with E-state index >= 15 is 0 Å². The number of likely N-dealkylation sites (tertiary alicyclic amines) is 1. The summed E-state index contributed by atoms with van der Waals surface area (Å²) in [5.74, 6) is -0.724. The Morgan fingerprint density at radius 2 is 2.41 bits per heavy atom. The van der Waals surface area contributed by atoms with Crippen molar-refractivity contribution in [2.75, 3.05) is 6.54 Å². The lowest BCUT2D eigenvalue weighted by molar-refractivity contribution is -0.149. The molecular weight excluding hydrogens is 218 g/mol. The number of rotatable bonds is 4. The highest BCUT2D eigenvalue weighted by molar-refractivity contribution is 5.78. The number of aryl methyl sites for hydroxylation is 1. The van der Waals surface area contributed by atoms with Gasteiger partial charge >= 0.3 is 5.97 Å². The van der Waals surface area contributed by atoms with Crippen molar-refractivity contribution in [1.82, 2.24) is 14.5 Å². The molecule has 0 aromatic carbocycles. The van der Waals surface area contributed by atoms with Crippen LogP contribution < -0.4 is 0 Å². The highest BCUT2D eigenvalue weighted by atomic mass is 16.4. The normalized spacial score (nSPS) is 25.3. The number of carbonyl (C=O) groups is 1. The van der Waals surface area contributed by atoms with Crippen molar-refractivity contribution in [3.63, 3.8) is 0 Å². The molecule has 5 nitrogen and oxygen atoms in total. The summed E-state index contributed by atoms with van der Waals surface area (Å²) in [7, 11) is 0. The van der Waals surface area contributed by atoms with Crippen LogP contribution in [0.2, 0.25) is 0 Å². The lowest BCUT2D eigenvalue weighted by Crippen LogP contribution is -2.47. The van der Waals surface area contributed by atoms with E-state index in [2.05, 4.69) is 16.5 Å². The van der Waals surface area contributed by atoms with E-state index in [1.807, 2.05) is 18.0 Å². The molecule has 1 unspecified atom stereocenters. The van der Waals surface area contributed by atoms with Crippen LogP contribution in [0.25, 0.3) is 0 Å². The molecule has 1 fully saturated rings. The third kappa shape index (κ3) is 2.07. The molecule has 17 heavy (non-hydrogen) atoms. The monoisotopic (exact) mass is 237 g/mol. The molecule has 1 aromatic rings. The fraction of sp³-hybridized carbons (Fsp3) is 0.667. The number of aromatic nitrogens is 2. The van der Waals surface area contributed by atoms with Crippen LogP contribution in [0.15, 0.2) is 12.5 Å². The second kappa shape index (κ2) is 4.49. The summed E-state index contributed by atoms with van der Waals surface area (Å²) in [6.07, 6.45) is 5.29. The molecular formula is C12H19N3O2. The second-order valence-electron chi connectivity index (χ2n) is 4.78. The molecule has 1 atom stereocenters. The lowest BCUT2D eigenvalue weighted by Gasteiger charge is -2.31. The predicted molar refractivity (Wildman–Crippen MR) is 63.6 cm³/mol. The first-order chi connectivity index (χ1) is 8.08. The second-order valence-corrected chi connectivity index (χ2v) is 4.78. The van der Waals surface area contributed by atoms with Gasteiger partial charge in [-0.3, -0.25) is 9.69 Å². The van der Waals surface area contributed by atoms with Gasteiger partial charge in [-0.25, -0.2) is 4.98 Å². The Morgan fingerprint density at radius 3 is 3.06 bits per heavy atom. The van der Waals surface area contributed by atoms with E-state index in [4.69, 9.17) is 0 Å². The number of hydrogen-bond acceptors (Lipinski definition) is 3. The number of aliphatic carboxylic acids is 1. The Labute approximate surface area is 101 Å². The van der Waals surface area contributed by atoms with Crippen LogP contribution in [-0.2, 0) is 17.9 Å². The summed E-state index contributed by atoms with van der Waals surface area (Å²) < 4.78 is 2.06. The van der Waals surface area contributed by atoms with Crippen molar-refractivity contribution in [2.45, 2.75) is 45.3 Å². The third-order valence-electron chi connectivity index (χ3n) is 3.74. The van der Waals surface area contributed by atoms with Gasteiger partial charge in [-0.05, 0) is 33.2 Å². The summed E-state index contributed by atoms with van der Waals surface area (Å²) >= 11 is 0. The van der Waals surface area contributed by atoms with Gasteiger partial charge in [0.1, 0.15) is 5.54 Å². The number of nitrogens with zero attached hydrogens (tertiary/aromatic N) is 3. The molecule has 1 aliphatic heterocycles. The van der Waals surface area contributed by atoms with Crippen molar-refractivity contribution >= 4 is 5.97 Å². The summed E-state index contributed by atoms with van der Waals surface area (Å²) in [4.78, 5) is 17.5. The zero-order valence-corrected chi connectivity index (χ0v) is 10.4. The van der Waals surface area contributed by atoms with E-state index in [0.29, 0.717) is 6.54 Å². The van der Waals surface area contributed by atoms with E-state index in [9.17, 15) is 9.90 Å². The van der Waals surface area contributed by atoms with Gasteiger partial charge in [-0.2, -0.15) is 0 Å². The Hall–Kier alpha value is -1.36. The summed E-state index contributed by atoms with van der Waals surface area (Å²) in [6, 6.07) is 0. The Kier molecular flexibility index (Phi) is 3.19. The fourth-order valence-electron chi connectivity index (χ4n) is 2.47. The number of carboxylic acids is 1. The first kappa shape index (κ1) is 12.1. The van der Waals surface area contributed by atoms with Gasteiger partial charge in [0, 0.05) is 19.3 Å². The van der Waals surface area contributed by atoms with Gasteiger partial charge in [0.2, 0.25) is 0 Å².